The molecule has 0 unspecified atom stereocenters. The van der Waals surface area contributed by atoms with Crippen molar-refractivity contribution in [1.82, 2.24) is 4.90 Å². The summed E-state index contributed by atoms with van der Waals surface area (Å²) in [6.07, 6.45) is 1.60. The minimum absolute atomic E-state index is 0.119. The number of furan rings is 1. The predicted molar refractivity (Wildman–Crippen MR) is 127 cm³/mol. The fourth-order valence-electron chi connectivity index (χ4n) is 3.32. The molecule has 0 saturated heterocycles. The maximum atomic E-state index is 13.5. The van der Waals surface area contributed by atoms with Crippen molar-refractivity contribution in [3.8, 4) is 0 Å². The molecule has 0 aliphatic heterocycles. The minimum Gasteiger partial charge on any atom is -0.467 e. The molecule has 4 rings (SSSR count). The highest BCUT2D eigenvalue weighted by atomic mass is 35.5. The highest BCUT2D eigenvalue weighted by molar-refractivity contribution is 7.18. The summed E-state index contributed by atoms with van der Waals surface area (Å²) in [6.45, 7) is 2.65. The molecule has 0 spiro atoms. The Labute approximate surface area is 195 Å². The molecule has 1 N–H and O–H groups in total. The average Bonchev–Trinajstić information content (AvgIpc) is 3.43. The van der Waals surface area contributed by atoms with E-state index >= 15 is 0 Å². The van der Waals surface area contributed by atoms with Crippen LogP contribution in [-0.4, -0.2) is 16.7 Å². The van der Waals surface area contributed by atoms with Crippen molar-refractivity contribution in [2.45, 2.75) is 20.0 Å². The number of halogens is 1. The van der Waals surface area contributed by atoms with E-state index in [1.54, 1.807) is 47.6 Å². The van der Waals surface area contributed by atoms with Gasteiger partial charge in [-0.2, -0.15) is 0 Å². The van der Waals surface area contributed by atoms with Crippen LogP contribution in [0.15, 0.2) is 83.5 Å². The van der Waals surface area contributed by atoms with Crippen LogP contribution in [-0.2, 0) is 13.1 Å². The lowest BCUT2D eigenvalue weighted by molar-refractivity contribution is 0.0722. The van der Waals surface area contributed by atoms with Crippen LogP contribution in [0.25, 0.3) is 0 Å². The molecule has 2 amide bonds. The van der Waals surface area contributed by atoms with Gasteiger partial charge in [0.25, 0.3) is 11.8 Å². The summed E-state index contributed by atoms with van der Waals surface area (Å²) in [5, 5.41) is 3.82. The minimum atomic E-state index is -0.312. The molecule has 0 atom stereocenters. The van der Waals surface area contributed by atoms with Crippen LogP contribution in [0.4, 0.5) is 5.00 Å². The van der Waals surface area contributed by atoms with E-state index in [0.717, 1.165) is 11.1 Å². The van der Waals surface area contributed by atoms with Crippen LogP contribution in [0.3, 0.4) is 0 Å². The second-order valence-corrected chi connectivity index (χ2v) is 8.74. The Morgan fingerprint density at radius 2 is 1.75 bits per heavy atom. The van der Waals surface area contributed by atoms with Gasteiger partial charge < -0.3 is 14.6 Å². The van der Waals surface area contributed by atoms with E-state index < -0.39 is 0 Å². The Hall–Kier alpha value is -3.35. The summed E-state index contributed by atoms with van der Waals surface area (Å²) in [5.41, 5.74) is 2.21. The van der Waals surface area contributed by atoms with E-state index in [4.69, 9.17) is 16.0 Å². The van der Waals surface area contributed by atoms with Gasteiger partial charge in [0.2, 0.25) is 0 Å². The Morgan fingerprint density at radius 3 is 2.47 bits per heavy atom. The lowest BCUT2D eigenvalue weighted by atomic mass is 10.2. The number of carbonyl (C=O) groups is 2. The van der Waals surface area contributed by atoms with Crippen molar-refractivity contribution in [1.29, 1.82) is 0 Å². The van der Waals surface area contributed by atoms with Gasteiger partial charge in [0.15, 0.2) is 0 Å². The smallest absolute Gasteiger partial charge is 0.264 e. The van der Waals surface area contributed by atoms with Gasteiger partial charge in [-0.05, 0) is 48.4 Å². The van der Waals surface area contributed by atoms with E-state index in [2.05, 4.69) is 5.32 Å². The van der Waals surface area contributed by atoms with E-state index in [-0.39, 0.29) is 11.8 Å². The van der Waals surface area contributed by atoms with Crippen molar-refractivity contribution in [2.75, 3.05) is 5.32 Å². The third kappa shape index (κ3) is 5.10. The zero-order valence-electron chi connectivity index (χ0n) is 17.4. The molecule has 0 bridgehead atoms. The van der Waals surface area contributed by atoms with Crippen LogP contribution in [0.2, 0.25) is 5.02 Å². The Bertz CT molecular complexity index is 1220. The number of aryl methyl sites for hydroxylation is 1. The highest BCUT2D eigenvalue weighted by Crippen LogP contribution is 2.30. The van der Waals surface area contributed by atoms with Gasteiger partial charge in [0.05, 0.1) is 33.3 Å². The zero-order chi connectivity index (χ0) is 22.5. The first kappa shape index (κ1) is 21.9. The second kappa shape index (κ2) is 9.85. The van der Waals surface area contributed by atoms with E-state index in [1.165, 1.54) is 11.3 Å². The highest BCUT2D eigenvalue weighted by Gasteiger charge is 2.23. The van der Waals surface area contributed by atoms with Gasteiger partial charge in [-0.1, -0.05) is 54.1 Å². The molecule has 7 heteroatoms. The van der Waals surface area contributed by atoms with Crippen LogP contribution >= 0.6 is 22.9 Å². The summed E-state index contributed by atoms with van der Waals surface area (Å²) < 4.78 is 5.48. The monoisotopic (exact) mass is 464 g/mol. The molecule has 0 radical (unpaired) electrons. The Kier molecular flexibility index (Phi) is 6.73. The van der Waals surface area contributed by atoms with Crippen molar-refractivity contribution >= 4 is 39.8 Å². The normalized spacial score (nSPS) is 10.7. The quantitative estimate of drug-likeness (QED) is 0.344. The largest absolute Gasteiger partial charge is 0.467 e. The van der Waals surface area contributed by atoms with Crippen molar-refractivity contribution in [3.05, 3.63) is 111 Å². The second-order valence-electron chi connectivity index (χ2n) is 7.28. The van der Waals surface area contributed by atoms with E-state index in [0.29, 0.717) is 39.3 Å². The van der Waals surface area contributed by atoms with Gasteiger partial charge in [-0.25, -0.2) is 0 Å². The molecule has 2 aromatic carbocycles. The third-order valence-electron chi connectivity index (χ3n) is 4.90. The summed E-state index contributed by atoms with van der Waals surface area (Å²) in [7, 11) is 0. The molecule has 32 heavy (non-hydrogen) atoms. The number of hydrogen-bond acceptors (Lipinski definition) is 4. The molecule has 2 heterocycles. The number of rotatable bonds is 7. The van der Waals surface area contributed by atoms with E-state index in [1.807, 2.05) is 43.3 Å². The van der Waals surface area contributed by atoms with Gasteiger partial charge in [-0.3, -0.25) is 9.59 Å². The van der Waals surface area contributed by atoms with Crippen molar-refractivity contribution in [2.24, 2.45) is 0 Å². The molecule has 2 aromatic heterocycles. The molecule has 0 fully saturated rings. The fourth-order valence-corrected chi connectivity index (χ4v) is 4.58. The number of carbonyl (C=O) groups excluding carboxylic acids is 2. The maximum Gasteiger partial charge on any atom is 0.264 e. The zero-order valence-corrected chi connectivity index (χ0v) is 19.0. The summed E-state index contributed by atoms with van der Waals surface area (Å²) in [4.78, 5) is 28.4. The van der Waals surface area contributed by atoms with Crippen LogP contribution < -0.4 is 5.32 Å². The Balaban J connectivity index is 1.56. The molecular weight excluding hydrogens is 444 g/mol. The molecule has 4 aromatic rings. The summed E-state index contributed by atoms with van der Waals surface area (Å²) in [6, 6.07) is 22.1. The van der Waals surface area contributed by atoms with Crippen LogP contribution in [0.1, 0.15) is 36.9 Å². The van der Waals surface area contributed by atoms with Crippen LogP contribution in [0, 0.1) is 6.92 Å². The summed E-state index contributed by atoms with van der Waals surface area (Å²) in [5.74, 6) is 0.273. The number of anilines is 1. The first-order valence-electron chi connectivity index (χ1n) is 10.0. The molecule has 162 valence electrons. The lowest BCUT2D eigenvalue weighted by Gasteiger charge is -2.21. The first-order chi connectivity index (χ1) is 15.5. The van der Waals surface area contributed by atoms with Crippen molar-refractivity contribution in [3.63, 3.8) is 0 Å². The van der Waals surface area contributed by atoms with E-state index in [9.17, 15) is 9.59 Å². The van der Waals surface area contributed by atoms with Gasteiger partial charge in [0, 0.05) is 6.54 Å². The number of amides is 2. The molecule has 0 saturated carbocycles. The Morgan fingerprint density at radius 1 is 1.00 bits per heavy atom. The third-order valence-corrected chi connectivity index (χ3v) is 6.37. The molecule has 5 nitrogen and oxygen atoms in total. The molecular formula is C25H21ClN2O3S. The molecule has 0 aliphatic rings. The molecule has 0 aliphatic carbocycles. The summed E-state index contributed by atoms with van der Waals surface area (Å²) >= 11 is 7.38. The number of benzene rings is 2. The fraction of sp³-hybridized carbons (Fsp3) is 0.120. The first-order valence-corrected chi connectivity index (χ1v) is 11.2. The van der Waals surface area contributed by atoms with Gasteiger partial charge in [0.1, 0.15) is 5.76 Å². The van der Waals surface area contributed by atoms with Crippen molar-refractivity contribution < 1.29 is 14.0 Å². The number of hydrogen-bond donors (Lipinski definition) is 1. The van der Waals surface area contributed by atoms with Crippen LogP contribution in [0.5, 0.6) is 0 Å². The average molecular weight is 465 g/mol. The van der Waals surface area contributed by atoms with Gasteiger partial charge in [-0.15, -0.1) is 11.3 Å². The predicted octanol–water partition coefficient (Wildman–Crippen LogP) is 6.40. The van der Waals surface area contributed by atoms with Gasteiger partial charge >= 0.3 is 0 Å². The standard InChI is InChI=1S/C25H21ClN2O3S/c1-17-14-22(27-24(29)20-11-5-6-12-21(20)26)32-23(17)25(30)28(16-19-10-7-13-31-19)15-18-8-3-2-4-9-18/h2-14H,15-16H2,1H3,(H,27,29). The topological polar surface area (TPSA) is 62.6 Å². The SMILES string of the molecule is Cc1cc(NC(=O)c2ccccc2Cl)sc1C(=O)N(Cc1ccccc1)Cc1ccco1. The number of nitrogens with zero attached hydrogens (tertiary/aromatic N) is 1. The number of thiophene rings is 1. The lowest BCUT2D eigenvalue weighted by Crippen LogP contribution is -2.29. The number of nitrogens with one attached hydrogen (secondary N) is 1. The maximum absolute atomic E-state index is 13.5.